The zero-order chi connectivity index (χ0) is 18.2. The van der Waals surface area contributed by atoms with E-state index in [0.717, 1.165) is 10.9 Å². The number of benzene rings is 1. The third kappa shape index (κ3) is 3.49. The number of anilines is 1. The van der Waals surface area contributed by atoms with E-state index in [2.05, 4.69) is 9.72 Å². The van der Waals surface area contributed by atoms with Crippen molar-refractivity contribution in [3.8, 4) is 0 Å². The number of halogens is 3. The number of likely N-dealkylation sites (tertiary alicyclic amines) is 1. The molecule has 2 N–H and O–H groups in total. The molecular weight excluding hydrogens is 339 g/mol. The van der Waals surface area contributed by atoms with Crippen LogP contribution in [-0.4, -0.2) is 40.6 Å². The van der Waals surface area contributed by atoms with Gasteiger partial charge in [-0.2, -0.15) is 13.2 Å². The Kier molecular flexibility index (Phi) is 4.23. The maximum absolute atomic E-state index is 12.3. The highest BCUT2D eigenvalue weighted by molar-refractivity contribution is 5.88. The Bertz CT molecular complexity index is 838. The molecule has 0 saturated carbocycles. The van der Waals surface area contributed by atoms with Gasteiger partial charge in [0.1, 0.15) is 5.82 Å². The fraction of sp³-hybridized carbons (Fsp3) is 0.312. The topological polar surface area (TPSA) is 85.5 Å². The number of nitrogens with two attached hydrogens (primary N) is 1. The maximum atomic E-state index is 12.3. The molecule has 6 nitrogen and oxygen atoms in total. The van der Waals surface area contributed by atoms with Gasteiger partial charge in [0.25, 0.3) is 5.91 Å². The van der Waals surface area contributed by atoms with Gasteiger partial charge in [0.15, 0.2) is 6.10 Å². The smallest absolute Gasteiger partial charge is 0.446 e. The first-order valence-electron chi connectivity index (χ1n) is 7.46. The normalized spacial score (nSPS) is 18.0. The molecule has 9 heteroatoms. The minimum atomic E-state index is -5.12. The Labute approximate surface area is 140 Å². The predicted molar refractivity (Wildman–Crippen MR) is 82.1 cm³/mol. The summed E-state index contributed by atoms with van der Waals surface area (Å²) < 4.78 is 41.1. The molecule has 2 heterocycles. The summed E-state index contributed by atoms with van der Waals surface area (Å²) in [6.07, 6.45) is -6.50. The van der Waals surface area contributed by atoms with Crippen molar-refractivity contribution < 1.29 is 27.5 Å². The molecule has 1 fully saturated rings. The SMILES string of the molecule is Nc1ccc2c(CN3CC[C@H](OC(=O)C(F)(F)F)C3=O)cccc2n1. The first kappa shape index (κ1) is 17.0. The summed E-state index contributed by atoms with van der Waals surface area (Å²) >= 11 is 0. The van der Waals surface area contributed by atoms with Crippen LogP contribution in [0.2, 0.25) is 0 Å². The summed E-state index contributed by atoms with van der Waals surface area (Å²) in [5.41, 5.74) is 7.08. The predicted octanol–water partition coefficient (Wildman–Crippen LogP) is 2.02. The van der Waals surface area contributed by atoms with Crippen LogP contribution in [0.3, 0.4) is 0 Å². The number of carbonyl (C=O) groups excluding carboxylic acids is 2. The van der Waals surface area contributed by atoms with Crippen LogP contribution in [0, 0.1) is 0 Å². The van der Waals surface area contributed by atoms with E-state index in [0.29, 0.717) is 11.3 Å². The van der Waals surface area contributed by atoms with Gasteiger partial charge in [0.05, 0.1) is 5.52 Å². The van der Waals surface area contributed by atoms with Gasteiger partial charge in [-0.15, -0.1) is 0 Å². The first-order valence-corrected chi connectivity index (χ1v) is 7.46. The number of pyridine rings is 1. The number of ether oxygens (including phenoxy) is 1. The van der Waals surface area contributed by atoms with Crippen LogP contribution in [0.4, 0.5) is 19.0 Å². The minimum Gasteiger partial charge on any atom is -0.446 e. The number of carbonyl (C=O) groups is 2. The van der Waals surface area contributed by atoms with Gasteiger partial charge in [-0.05, 0) is 23.8 Å². The van der Waals surface area contributed by atoms with E-state index in [9.17, 15) is 22.8 Å². The molecule has 1 aliphatic rings. The van der Waals surface area contributed by atoms with Crippen molar-refractivity contribution in [1.82, 2.24) is 9.88 Å². The molecular formula is C16H14F3N3O3. The van der Waals surface area contributed by atoms with Gasteiger partial charge < -0.3 is 15.4 Å². The molecule has 132 valence electrons. The highest BCUT2D eigenvalue weighted by Crippen LogP contribution is 2.25. The number of hydrogen-bond acceptors (Lipinski definition) is 5. The summed E-state index contributed by atoms with van der Waals surface area (Å²) in [7, 11) is 0. The van der Waals surface area contributed by atoms with Crippen LogP contribution >= 0.6 is 0 Å². The lowest BCUT2D eigenvalue weighted by atomic mass is 10.1. The molecule has 3 rings (SSSR count). The molecule has 0 radical (unpaired) electrons. The van der Waals surface area contributed by atoms with Crippen LogP contribution in [-0.2, 0) is 20.9 Å². The Morgan fingerprint density at radius 2 is 2.08 bits per heavy atom. The standard InChI is InChI=1S/C16H14F3N3O3/c17-16(18,19)15(24)25-12-6-7-22(14(12)23)8-9-2-1-3-11-10(9)4-5-13(20)21-11/h1-5,12H,6-8H2,(H2,20,21)/t12-/m0/s1. The Morgan fingerprint density at radius 1 is 1.32 bits per heavy atom. The van der Waals surface area contributed by atoms with Crippen LogP contribution in [0.1, 0.15) is 12.0 Å². The van der Waals surface area contributed by atoms with Crippen LogP contribution in [0.25, 0.3) is 10.9 Å². The molecule has 1 atom stereocenters. The number of amides is 1. The average molecular weight is 353 g/mol. The van der Waals surface area contributed by atoms with Crippen molar-refractivity contribution >= 4 is 28.6 Å². The maximum Gasteiger partial charge on any atom is 0.490 e. The third-order valence-corrected chi connectivity index (χ3v) is 3.93. The fourth-order valence-electron chi connectivity index (χ4n) is 2.75. The van der Waals surface area contributed by atoms with Gasteiger partial charge >= 0.3 is 12.1 Å². The van der Waals surface area contributed by atoms with Crippen molar-refractivity contribution in [3.63, 3.8) is 0 Å². The highest BCUT2D eigenvalue weighted by atomic mass is 19.4. The van der Waals surface area contributed by atoms with Gasteiger partial charge in [-0.3, -0.25) is 4.79 Å². The number of hydrogen-bond donors (Lipinski definition) is 1. The second-order valence-electron chi connectivity index (χ2n) is 5.66. The second-order valence-corrected chi connectivity index (χ2v) is 5.66. The summed E-state index contributed by atoms with van der Waals surface area (Å²) in [5, 5.41) is 0.792. The van der Waals surface area contributed by atoms with Crippen molar-refractivity contribution in [2.45, 2.75) is 25.2 Å². The van der Waals surface area contributed by atoms with Gasteiger partial charge in [-0.25, -0.2) is 9.78 Å². The molecule has 0 unspecified atom stereocenters. The number of nitrogens with zero attached hydrogens (tertiary/aromatic N) is 2. The zero-order valence-corrected chi connectivity index (χ0v) is 12.9. The first-order chi connectivity index (χ1) is 11.8. The van der Waals surface area contributed by atoms with Crippen molar-refractivity contribution in [1.29, 1.82) is 0 Å². The van der Waals surface area contributed by atoms with Crippen LogP contribution in [0.5, 0.6) is 0 Å². The van der Waals surface area contributed by atoms with Crippen molar-refractivity contribution in [3.05, 3.63) is 35.9 Å². The minimum absolute atomic E-state index is 0.0244. The second kappa shape index (κ2) is 6.23. The zero-order valence-electron chi connectivity index (χ0n) is 12.9. The lowest BCUT2D eigenvalue weighted by molar-refractivity contribution is -0.204. The molecule has 1 amide bonds. The summed E-state index contributed by atoms with van der Waals surface area (Å²) in [6, 6.07) is 8.73. The van der Waals surface area contributed by atoms with Crippen molar-refractivity contribution in [2.24, 2.45) is 0 Å². The summed E-state index contributed by atoms with van der Waals surface area (Å²) in [5.74, 6) is -2.63. The van der Waals surface area contributed by atoms with Gasteiger partial charge in [-0.1, -0.05) is 12.1 Å². The fourth-order valence-corrected chi connectivity index (χ4v) is 2.75. The summed E-state index contributed by atoms with van der Waals surface area (Å²) in [6.45, 7) is 0.384. The molecule has 2 aromatic rings. The molecule has 1 saturated heterocycles. The molecule has 0 bridgehead atoms. The van der Waals surface area contributed by atoms with E-state index in [1.807, 2.05) is 0 Å². The van der Waals surface area contributed by atoms with Gasteiger partial charge in [0.2, 0.25) is 0 Å². The number of fused-ring (bicyclic) bond motifs is 1. The van der Waals surface area contributed by atoms with E-state index in [4.69, 9.17) is 5.73 Å². The van der Waals surface area contributed by atoms with E-state index in [1.54, 1.807) is 30.3 Å². The van der Waals surface area contributed by atoms with Gasteiger partial charge in [0, 0.05) is 24.9 Å². The Hall–Kier alpha value is -2.84. The Morgan fingerprint density at radius 3 is 2.80 bits per heavy atom. The lowest BCUT2D eigenvalue weighted by Crippen LogP contribution is -2.35. The largest absolute Gasteiger partial charge is 0.490 e. The third-order valence-electron chi connectivity index (χ3n) is 3.93. The van der Waals surface area contributed by atoms with E-state index in [-0.39, 0.29) is 19.5 Å². The number of alkyl halides is 3. The molecule has 0 aliphatic carbocycles. The molecule has 1 aliphatic heterocycles. The number of rotatable bonds is 3. The molecule has 1 aromatic heterocycles. The van der Waals surface area contributed by atoms with Crippen LogP contribution < -0.4 is 5.73 Å². The highest BCUT2D eigenvalue weighted by Gasteiger charge is 2.45. The average Bonchev–Trinajstić information content (AvgIpc) is 2.87. The van der Waals surface area contributed by atoms with E-state index < -0.39 is 24.2 Å². The number of esters is 1. The Balaban J connectivity index is 1.75. The number of aromatic nitrogens is 1. The summed E-state index contributed by atoms with van der Waals surface area (Å²) in [4.78, 5) is 28.7. The quantitative estimate of drug-likeness (QED) is 0.854. The monoisotopic (exact) mass is 353 g/mol. The lowest BCUT2D eigenvalue weighted by Gasteiger charge is -2.18. The number of nitrogen functional groups attached to an aromatic ring is 1. The van der Waals surface area contributed by atoms with Crippen LogP contribution in [0.15, 0.2) is 30.3 Å². The van der Waals surface area contributed by atoms with E-state index >= 15 is 0 Å². The van der Waals surface area contributed by atoms with Crippen molar-refractivity contribution in [2.75, 3.05) is 12.3 Å². The molecule has 1 aromatic carbocycles. The van der Waals surface area contributed by atoms with E-state index in [1.165, 1.54) is 4.90 Å². The molecule has 0 spiro atoms. The molecule has 25 heavy (non-hydrogen) atoms.